The van der Waals surface area contributed by atoms with E-state index < -0.39 is 16.7 Å². The van der Waals surface area contributed by atoms with E-state index in [-0.39, 0.29) is 22.8 Å². The van der Waals surface area contributed by atoms with Gasteiger partial charge in [0.1, 0.15) is 5.82 Å². The Morgan fingerprint density at radius 2 is 1.63 bits per heavy atom. The average Bonchev–Trinajstić information content (AvgIpc) is 3.31. The highest BCUT2D eigenvalue weighted by atomic mass is 32.2. The van der Waals surface area contributed by atoms with Gasteiger partial charge >= 0.3 is 0 Å². The van der Waals surface area contributed by atoms with Gasteiger partial charge in [0.2, 0.25) is 5.91 Å². The number of amides is 2. The first kappa shape index (κ1) is 23.6. The number of hydrazine groups is 1. The summed E-state index contributed by atoms with van der Waals surface area (Å²) >= 11 is 1.10. The summed E-state index contributed by atoms with van der Waals surface area (Å²) in [5, 5.41) is 19.6. The van der Waals surface area contributed by atoms with Crippen LogP contribution in [0.2, 0.25) is 0 Å². The molecule has 0 saturated heterocycles. The maximum atomic E-state index is 13.4. The second kappa shape index (κ2) is 10.6. The first-order chi connectivity index (χ1) is 16.9. The number of nitrogens with one attached hydrogen (secondary N) is 2. The van der Waals surface area contributed by atoms with E-state index in [1.54, 1.807) is 16.7 Å². The molecular weight excluding hydrogens is 475 g/mol. The molecule has 176 valence electrons. The van der Waals surface area contributed by atoms with Gasteiger partial charge in [-0.2, -0.15) is 0 Å². The topological polar surface area (TPSA) is 132 Å². The number of carbonyl (C=O) groups excluding carboxylic acids is 2. The molecular formula is C23H17FN6O4S. The quantitative estimate of drug-likeness (QED) is 0.229. The molecule has 4 aromatic rings. The van der Waals surface area contributed by atoms with Crippen LogP contribution >= 0.6 is 11.8 Å². The van der Waals surface area contributed by atoms with Gasteiger partial charge in [0.05, 0.1) is 10.7 Å². The highest BCUT2D eigenvalue weighted by molar-refractivity contribution is 7.99. The van der Waals surface area contributed by atoms with Gasteiger partial charge in [0, 0.05) is 28.9 Å². The van der Waals surface area contributed by atoms with E-state index in [9.17, 15) is 24.1 Å². The molecule has 0 atom stereocenters. The number of para-hydroxylation sites is 1. The number of hydrogen-bond acceptors (Lipinski definition) is 7. The second-order valence-corrected chi connectivity index (χ2v) is 8.02. The minimum Gasteiger partial charge on any atom is -0.272 e. The van der Waals surface area contributed by atoms with Crippen molar-refractivity contribution in [3.8, 4) is 17.1 Å². The molecule has 0 aliphatic carbocycles. The SMILES string of the molecule is O=C(CSc1nnc(-c2ccc(F)cc2)n1-c1ccccc1)NNC(=O)c1ccc([N+](=O)[O-])cc1. The Labute approximate surface area is 202 Å². The lowest BCUT2D eigenvalue weighted by atomic mass is 10.2. The lowest BCUT2D eigenvalue weighted by Gasteiger charge is -2.11. The molecule has 0 radical (unpaired) electrons. The van der Waals surface area contributed by atoms with Gasteiger partial charge in [0.15, 0.2) is 11.0 Å². The number of aromatic nitrogens is 3. The number of rotatable bonds is 7. The summed E-state index contributed by atoms with van der Waals surface area (Å²) in [6, 6.07) is 20.1. The molecule has 0 spiro atoms. The zero-order valence-corrected chi connectivity index (χ0v) is 18.7. The number of benzene rings is 3. The summed E-state index contributed by atoms with van der Waals surface area (Å²) in [6.07, 6.45) is 0. The molecule has 1 heterocycles. The number of halogens is 1. The van der Waals surface area contributed by atoms with Crippen LogP contribution in [0.1, 0.15) is 10.4 Å². The average molecular weight is 492 g/mol. The van der Waals surface area contributed by atoms with Gasteiger partial charge in [-0.15, -0.1) is 10.2 Å². The first-order valence-electron chi connectivity index (χ1n) is 10.2. The highest BCUT2D eigenvalue weighted by Gasteiger charge is 2.18. The summed E-state index contributed by atoms with van der Waals surface area (Å²) in [6.45, 7) is 0. The fraction of sp³-hybridized carbons (Fsp3) is 0.0435. The molecule has 2 amide bonds. The summed E-state index contributed by atoms with van der Waals surface area (Å²) in [5.41, 5.74) is 5.97. The van der Waals surface area contributed by atoms with Crippen molar-refractivity contribution in [3.05, 3.63) is 100 Å². The number of nitro benzene ring substituents is 1. The van der Waals surface area contributed by atoms with Crippen LogP contribution < -0.4 is 10.9 Å². The number of carbonyl (C=O) groups is 2. The van der Waals surface area contributed by atoms with E-state index in [0.29, 0.717) is 16.5 Å². The molecule has 1 aromatic heterocycles. The van der Waals surface area contributed by atoms with Gasteiger partial charge in [-0.25, -0.2) is 4.39 Å². The van der Waals surface area contributed by atoms with Crippen LogP contribution in [0.15, 0.2) is 84.0 Å². The predicted octanol–water partition coefficient (Wildman–Crippen LogP) is 3.53. The van der Waals surface area contributed by atoms with E-state index in [2.05, 4.69) is 21.0 Å². The third-order valence-corrected chi connectivity index (χ3v) is 5.67. The maximum Gasteiger partial charge on any atom is 0.269 e. The van der Waals surface area contributed by atoms with Crippen LogP contribution in [0.3, 0.4) is 0 Å². The Bertz CT molecular complexity index is 1360. The minimum atomic E-state index is -0.621. The second-order valence-electron chi connectivity index (χ2n) is 7.08. The van der Waals surface area contributed by atoms with Crippen molar-refractivity contribution in [2.45, 2.75) is 5.16 Å². The number of thioether (sulfide) groups is 1. The van der Waals surface area contributed by atoms with Crippen molar-refractivity contribution in [3.63, 3.8) is 0 Å². The van der Waals surface area contributed by atoms with Gasteiger partial charge in [0.25, 0.3) is 11.6 Å². The molecule has 0 aliphatic heterocycles. The van der Waals surface area contributed by atoms with Crippen LogP contribution in [-0.4, -0.2) is 37.3 Å². The Morgan fingerprint density at radius 1 is 0.943 bits per heavy atom. The van der Waals surface area contributed by atoms with Gasteiger partial charge in [-0.05, 0) is 48.5 Å². The van der Waals surface area contributed by atoms with Crippen molar-refractivity contribution in [2.24, 2.45) is 0 Å². The van der Waals surface area contributed by atoms with Crippen molar-refractivity contribution in [1.82, 2.24) is 25.6 Å². The van der Waals surface area contributed by atoms with Gasteiger partial charge in [-0.3, -0.25) is 35.1 Å². The maximum absolute atomic E-state index is 13.4. The summed E-state index contributed by atoms with van der Waals surface area (Å²) in [7, 11) is 0. The molecule has 0 saturated carbocycles. The Balaban J connectivity index is 1.43. The molecule has 3 aromatic carbocycles. The Morgan fingerprint density at radius 3 is 2.29 bits per heavy atom. The molecule has 0 fully saturated rings. The van der Waals surface area contributed by atoms with E-state index >= 15 is 0 Å². The molecule has 2 N–H and O–H groups in total. The zero-order chi connectivity index (χ0) is 24.8. The fourth-order valence-electron chi connectivity index (χ4n) is 3.06. The van der Waals surface area contributed by atoms with Crippen molar-refractivity contribution >= 4 is 29.3 Å². The molecule has 10 nitrogen and oxygen atoms in total. The number of nitro groups is 1. The van der Waals surface area contributed by atoms with Crippen LogP contribution in [-0.2, 0) is 4.79 Å². The van der Waals surface area contributed by atoms with Crippen molar-refractivity contribution < 1.29 is 18.9 Å². The van der Waals surface area contributed by atoms with Crippen molar-refractivity contribution in [2.75, 3.05) is 5.75 Å². The number of hydrogen-bond donors (Lipinski definition) is 2. The highest BCUT2D eigenvalue weighted by Crippen LogP contribution is 2.28. The zero-order valence-electron chi connectivity index (χ0n) is 17.9. The van der Waals surface area contributed by atoms with E-state index in [4.69, 9.17) is 0 Å². The third-order valence-electron chi connectivity index (χ3n) is 4.74. The molecule has 0 unspecified atom stereocenters. The normalized spacial score (nSPS) is 10.5. The lowest BCUT2D eigenvalue weighted by Crippen LogP contribution is -2.42. The minimum absolute atomic E-state index is 0.0884. The number of non-ortho nitro benzene ring substituents is 1. The molecule has 35 heavy (non-hydrogen) atoms. The molecule has 12 heteroatoms. The van der Waals surface area contributed by atoms with Crippen LogP contribution in [0.5, 0.6) is 0 Å². The molecule has 4 rings (SSSR count). The van der Waals surface area contributed by atoms with Crippen LogP contribution in [0.4, 0.5) is 10.1 Å². The molecule has 0 aliphatic rings. The van der Waals surface area contributed by atoms with Crippen molar-refractivity contribution in [1.29, 1.82) is 0 Å². The third kappa shape index (κ3) is 5.68. The fourth-order valence-corrected chi connectivity index (χ4v) is 3.81. The van der Waals surface area contributed by atoms with Crippen LogP contribution in [0, 0.1) is 15.9 Å². The lowest BCUT2D eigenvalue weighted by molar-refractivity contribution is -0.384. The Hall–Kier alpha value is -4.58. The van der Waals surface area contributed by atoms with E-state index in [1.807, 2.05) is 30.3 Å². The predicted molar refractivity (Wildman–Crippen MR) is 126 cm³/mol. The van der Waals surface area contributed by atoms with Gasteiger partial charge < -0.3 is 0 Å². The monoisotopic (exact) mass is 492 g/mol. The number of nitrogens with zero attached hydrogens (tertiary/aromatic N) is 4. The van der Waals surface area contributed by atoms with E-state index in [0.717, 1.165) is 17.4 Å². The Kier molecular flexibility index (Phi) is 7.12. The first-order valence-corrected chi connectivity index (χ1v) is 11.1. The largest absolute Gasteiger partial charge is 0.272 e. The summed E-state index contributed by atoms with van der Waals surface area (Å²) in [4.78, 5) is 34.6. The van der Waals surface area contributed by atoms with Crippen LogP contribution in [0.25, 0.3) is 17.1 Å². The van der Waals surface area contributed by atoms with Gasteiger partial charge in [-0.1, -0.05) is 30.0 Å². The van der Waals surface area contributed by atoms with E-state index in [1.165, 1.54) is 36.4 Å². The summed E-state index contributed by atoms with van der Waals surface area (Å²) in [5.74, 6) is -1.11. The molecule has 0 bridgehead atoms. The summed E-state index contributed by atoms with van der Waals surface area (Å²) < 4.78 is 15.1. The standard InChI is InChI=1S/C23H17FN6O4S/c24-17-10-6-15(7-11-17)21-26-28-23(29(21)18-4-2-1-3-5-18)35-14-20(31)25-27-22(32)16-8-12-19(13-9-16)30(33)34/h1-13H,14H2,(H,25,31)(H,27,32). The smallest absolute Gasteiger partial charge is 0.269 e.